The highest BCUT2D eigenvalue weighted by atomic mass is 16.5. The molecule has 0 spiro atoms. The Kier molecular flexibility index (Phi) is 5.69. The molecular formula is C19H31NO. The maximum atomic E-state index is 6.22. The minimum atomic E-state index is 0.388. The monoisotopic (exact) mass is 289 g/mol. The average molecular weight is 289 g/mol. The Bertz CT molecular complexity index is 431. The summed E-state index contributed by atoms with van der Waals surface area (Å²) in [5, 5.41) is 3.53. The van der Waals surface area contributed by atoms with Gasteiger partial charge in [-0.25, -0.2) is 0 Å². The van der Waals surface area contributed by atoms with E-state index in [-0.39, 0.29) is 0 Å². The van der Waals surface area contributed by atoms with Crippen molar-refractivity contribution in [3.8, 4) is 5.75 Å². The normalized spacial score (nSPS) is 20.2. The van der Waals surface area contributed by atoms with Crippen molar-refractivity contribution in [2.75, 3.05) is 6.54 Å². The molecule has 0 saturated heterocycles. The van der Waals surface area contributed by atoms with Gasteiger partial charge in [0.1, 0.15) is 5.75 Å². The standard InChI is InChI=1S/C19H31NO/c1-5-13-20-15(2)16-7-6-8-18(14-16)21-17-9-11-19(3,4)12-10-17/h6-8,14-15,17,20H,5,9-13H2,1-4H3. The maximum absolute atomic E-state index is 6.22. The molecule has 0 aromatic heterocycles. The van der Waals surface area contributed by atoms with Gasteiger partial charge < -0.3 is 10.1 Å². The van der Waals surface area contributed by atoms with Crippen molar-refractivity contribution in [3.63, 3.8) is 0 Å². The highest BCUT2D eigenvalue weighted by Crippen LogP contribution is 2.36. The molecule has 1 N–H and O–H groups in total. The van der Waals surface area contributed by atoms with E-state index in [1.165, 1.54) is 37.7 Å². The fraction of sp³-hybridized carbons (Fsp3) is 0.684. The molecule has 21 heavy (non-hydrogen) atoms. The summed E-state index contributed by atoms with van der Waals surface area (Å²) in [4.78, 5) is 0. The third-order valence-electron chi connectivity index (χ3n) is 4.65. The van der Waals surface area contributed by atoms with Crippen LogP contribution in [0.4, 0.5) is 0 Å². The number of nitrogens with one attached hydrogen (secondary N) is 1. The maximum Gasteiger partial charge on any atom is 0.120 e. The molecule has 0 aliphatic heterocycles. The molecule has 2 heteroatoms. The Morgan fingerprint density at radius 2 is 2.00 bits per heavy atom. The molecule has 0 bridgehead atoms. The molecule has 1 aliphatic rings. The second kappa shape index (κ2) is 7.31. The number of benzene rings is 1. The van der Waals surface area contributed by atoms with Crippen molar-refractivity contribution in [2.45, 2.75) is 71.9 Å². The molecule has 118 valence electrons. The Labute approximate surface area is 130 Å². The third-order valence-corrected chi connectivity index (χ3v) is 4.65. The van der Waals surface area contributed by atoms with Gasteiger partial charge in [-0.1, -0.05) is 32.9 Å². The summed E-state index contributed by atoms with van der Waals surface area (Å²) >= 11 is 0. The van der Waals surface area contributed by atoms with E-state index in [1.54, 1.807) is 0 Å². The highest BCUT2D eigenvalue weighted by Gasteiger charge is 2.27. The van der Waals surface area contributed by atoms with Gasteiger partial charge in [0.25, 0.3) is 0 Å². The van der Waals surface area contributed by atoms with E-state index in [0.29, 0.717) is 17.6 Å². The van der Waals surface area contributed by atoms with Crippen LogP contribution < -0.4 is 10.1 Å². The van der Waals surface area contributed by atoms with Crippen molar-refractivity contribution in [3.05, 3.63) is 29.8 Å². The molecule has 1 aromatic carbocycles. The van der Waals surface area contributed by atoms with Crippen molar-refractivity contribution in [2.24, 2.45) is 5.41 Å². The Morgan fingerprint density at radius 3 is 2.67 bits per heavy atom. The van der Waals surface area contributed by atoms with Gasteiger partial charge in [0.05, 0.1) is 6.10 Å². The summed E-state index contributed by atoms with van der Waals surface area (Å²) in [5.74, 6) is 1.03. The lowest BCUT2D eigenvalue weighted by Gasteiger charge is -2.34. The minimum absolute atomic E-state index is 0.388. The first kappa shape index (κ1) is 16.4. The highest BCUT2D eigenvalue weighted by molar-refractivity contribution is 5.30. The lowest BCUT2D eigenvalue weighted by atomic mass is 9.76. The van der Waals surface area contributed by atoms with Gasteiger partial charge >= 0.3 is 0 Å². The summed E-state index contributed by atoms with van der Waals surface area (Å²) in [6.45, 7) is 10.2. The van der Waals surface area contributed by atoms with Gasteiger partial charge in [-0.3, -0.25) is 0 Å². The largest absolute Gasteiger partial charge is 0.490 e. The van der Waals surface area contributed by atoms with Crippen LogP contribution in [0.2, 0.25) is 0 Å². The predicted molar refractivity (Wildman–Crippen MR) is 89.8 cm³/mol. The summed E-state index contributed by atoms with van der Waals surface area (Å²) < 4.78 is 6.22. The van der Waals surface area contributed by atoms with Gasteiger partial charge in [0, 0.05) is 6.04 Å². The van der Waals surface area contributed by atoms with E-state index in [2.05, 4.69) is 57.3 Å². The number of ether oxygens (including phenoxy) is 1. The number of rotatable bonds is 6. The average Bonchev–Trinajstić information content (AvgIpc) is 2.47. The summed E-state index contributed by atoms with van der Waals surface area (Å²) in [5.41, 5.74) is 1.82. The van der Waals surface area contributed by atoms with Crippen LogP contribution in [-0.2, 0) is 0 Å². The van der Waals surface area contributed by atoms with Gasteiger partial charge in [-0.2, -0.15) is 0 Å². The first-order chi connectivity index (χ1) is 10.00. The fourth-order valence-electron chi connectivity index (χ4n) is 3.02. The van der Waals surface area contributed by atoms with Gasteiger partial charge in [0.2, 0.25) is 0 Å². The Morgan fingerprint density at radius 1 is 1.29 bits per heavy atom. The second-order valence-electron chi connectivity index (χ2n) is 7.23. The topological polar surface area (TPSA) is 21.3 Å². The van der Waals surface area contributed by atoms with Crippen LogP contribution in [0.5, 0.6) is 5.75 Å². The van der Waals surface area contributed by atoms with Gasteiger partial charge in [0.15, 0.2) is 0 Å². The quantitative estimate of drug-likeness (QED) is 0.787. The van der Waals surface area contributed by atoms with Crippen molar-refractivity contribution < 1.29 is 4.74 Å². The van der Waals surface area contributed by atoms with Crippen LogP contribution in [0, 0.1) is 5.41 Å². The van der Waals surface area contributed by atoms with Crippen molar-refractivity contribution >= 4 is 0 Å². The third kappa shape index (κ3) is 5.03. The van der Waals surface area contributed by atoms with Crippen LogP contribution >= 0.6 is 0 Å². The van der Waals surface area contributed by atoms with E-state index in [1.807, 2.05) is 0 Å². The molecule has 1 unspecified atom stereocenters. The van der Waals surface area contributed by atoms with Crippen LogP contribution in [-0.4, -0.2) is 12.6 Å². The fourth-order valence-corrected chi connectivity index (χ4v) is 3.02. The van der Waals surface area contributed by atoms with E-state index in [4.69, 9.17) is 4.74 Å². The molecular weight excluding hydrogens is 258 g/mol. The molecule has 0 heterocycles. The van der Waals surface area contributed by atoms with Gasteiger partial charge in [-0.15, -0.1) is 0 Å². The van der Waals surface area contributed by atoms with E-state index in [9.17, 15) is 0 Å². The number of hydrogen-bond acceptors (Lipinski definition) is 2. The van der Waals surface area contributed by atoms with Crippen molar-refractivity contribution in [1.29, 1.82) is 0 Å². The van der Waals surface area contributed by atoms with Crippen LogP contribution in [0.15, 0.2) is 24.3 Å². The molecule has 1 atom stereocenters. The zero-order valence-electron chi connectivity index (χ0n) is 14.1. The van der Waals surface area contributed by atoms with Gasteiger partial charge in [-0.05, 0) is 68.7 Å². The van der Waals surface area contributed by atoms with Crippen molar-refractivity contribution in [1.82, 2.24) is 5.32 Å². The Balaban J connectivity index is 1.92. The Hall–Kier alpha value is -1.02. The second-order valence-corrected chi connectivity index (χ2v) is 7.23. The SMILES string of the molecule is CCCNC(C)c1cccc(OC2CCC(C)(C)CC2)c1. The van der Waals surface area contributed by atoms with Crippen LogP contribution in [0.25, 0.3) is 0 Å². The molecule has 1 aliphatic carbocycles. The first-order valence-corrected chi connectivity index (χ1v) is 8.50. The zero-order valence-corrected chi connectivity index (χ0v) is 14.1. The predicted octanol–water partition coefficient (Wildman–Crippen LogP) is 5.09. The number of hydrogen-bond donors (Lipinski definition) is 1. The van der Waals surface area contributed by atoms with E-state index >= 15 is 0 Å². The smallest absolute Gasteiger partial charge is 0.120 e. The van der Waals surface area contributed by atoms with Crippen LogP contribution in [0.1, 0.15) is 71.4 Å². The molecule has 2 rings (SSSR count). The molecule has 1 fully saturated rings. The zero-order chi connectivity index (χ0) is 15.3. The lowest BCUT2D eigenvalue weighted by Crippen LogP contribution is -2.28. The minimum Gasteiger partial charge on any atom is -0.490 e. The molecule has 1 aromatic rings. The first-order valence-electron chi connectivity index (χ1n) is 8.50. The molecule has 2 nitrogen and oxygen atoms in total. The van der Waals surface area contributed by atoms with E-state index in [0.717, 1.165) is 12.3 Å². The molecule has 0 radical (unpaired) electrons. The summed E-state index contributed by atoms with van der Waals surface area (Å²) in [6.07, 6.45) is 6.46. The molecule has 1 saturated carbocycles. The van der Waals surface area contributed by atoms with Crippen LogP contribution in [0.3, 0.4) is 0 Å². The van der Waals surface area contributed by atoms with E-state index < -0.39 is 0 Å². The summed E-state index contributed by atoms with van der Waals surface area (Å²) in [7, 11) is 0. The lowest BCUT2D eigenvalue weighted by molar-refractivity contribution is 0.0987. The molecule has 0 amide bonds. The summed E-state index contributed by atoms with van der Waals surface area (Å²) in [6, 6.07) is 8.98.